The number of carbonyl (C=O) groups excluding carboxylic acids is 1. The van der Waals surface area contributed by atoms with E-state index < -0.39 is 0 Å². The first-order chi connectivity index (χ1) is 3.84. The molecule has 0 bridgehead atoms. The Morgan fingerprint density at radius 3 is 2.88 bits per heavy atom. The molecule has 0 aromatic carbocycles. The van der Waals surface area contributed by atoms with Crippen LogP contribution in [-0.4, -0.2) is 20.8 Å². The topological polar surface area (TPSA) is 47.8 Å². The number of nitrogens with zero attached hydrogens (tertiary/aromatic N) is 3. The lowest BCUT2D eigenvalue weighted by Crippen LogP contribution is -1.88. The minimum absolute atomic E-state index is 0.256. The number of halogens is 1. The summed E-state index contributed by atoms with van der Waals surface area (Å²) in [6.45, 7) is 0. The second kappa shape index (κ2) is 1.92. The molecule has 1 aromatic heterocycles. The van der Waals surface area contributed by atoms with Gasteiger partial charge < -0.3 is 0 Å². The molecule has 0 aliphatic carbocycles. The van der Waals surface area contributed by atoms with Gasteiger partial charge in [0, 0.05) is 11.8 Å². The number of hydrogen-bond acceptors (Lipinski definition) is 3. The number of aldehydes is 1. The highest BCUT2D eigenvalue weighted by atomic mass is 35.5. The molecular formula is C3H2ClN3O. The van der Waals surface area contributed by atoms with Crippen molar-refractivity contribution in [1.82, 2.24) is 14.5 Å². The third kappa shape index (κ3) is 0.696. The van der Waals surface area contributed by atoms with Gasteiger partial charge in [-0.25, -0.2) is 0 Å². The van der Waals surface area contributed by atoms with E-state index in [1.54, 1.807) is 0 Å². The zero-order valence-corrected chi connectivity index (χ0v) is 4.54. The van der Waals surface area contributed by atoms with E-state index in [2.05, 4.69) is 10.3 Å². The van der Waals surface area contributed by atoms with Crippen LogP contribution in [0.25, 0.3) is 0 Å². The summed E-state index contributed by atoms with van der Waals surface area (Å²) in [5.74, 6) is 0. The van der Waals surface area contributed by atoms with Crippen LogP contribution in [0.1, 0.15) is 10.5 Å². The lowest BCUT2D eigenvalue weighted by atomic mass is 10.6. The number of rotatable bonds is 1. The van der Waals surface area contributed by atoms with Gasteiger partial charge in [-0.1, -0.05) is 5.21 Å². The minimum atomic E-state index is 0.256. The average molecular weight is 132 g/mol. The predicted octanol–water partition coefficient (Wildman–Crippen LogP) is 0.0925. The van der Waals surface area contributed by atoms with Gasteiger partial charge in [0.1, 0.15) is 5.69 Å². The van der Waals surface area contributed by atoms with Gasteiger partial charge in [-0.2, -0.15) is 0 Å². The smallest absolute Gasteiger partial charge is 0.171 e. The first-order valence-electron chi connectivity index (χ1n) is 1.86. The van der Waals surface area contributed by atoms with E-state index >= 15 is 0 Å². The van der Waals surface area contributed by atoms with Crippen molar-refractivity contribution >= 4 is 18.1 Å². The number of aromatic nitrogens is 3. The van der Waals surface area contributed by atoms with Gasteiger partial charge in [0.25, 0.3) is 0 Å². The summed E-state index contributed by atoms with van der Waals surface area (Å²) in [6, 6.07) is 0. The lowest BCUT2D eigenvalue weighted by molar-refractivity contribution is 0.111. The molecule has 8 heavy (non-hydrogen) atoms. The zero-order valence-electron chi connectivity index (χ0n) is 3.78. The third-order valence-corrected chi connectivity index (χ3v) is 0.917. The summed E-state index contributed by atoms with van der Waals surface area (Å²) < 4.78 is 0.882. The summed E-state index contributed by atoms with van der Waals surface area (Å²) in [7, 11) is 0. The fourth-order valence-electron chi connectivity index (χ4n) is 0.304. The van der Waals surface area contributed by atoms with Crippen LogP contribution in [0.3, 0.4) is 0 Å². The standard InChI is InChI=1S/C3H2ClN3O/c4-7-3(2-8)1-5-6-7/h1-2H. The van der Waals surface area contributed by atoms with Crippen molar-refractivity contribution in [2.45, 2.75) is 0 Å². The SMILES string of the molecule is O=Cc1cnnn1Cl. The average Bonchev–Trinajstić information content (AvgIpc) is 2.14. The molecular weight excluding hydrogens is 130 g/mol. The van der Waals surface area contributed by atoms with Crippen molar-refractivity contribution in [2.75, 3.05) is 0 Å². The molecule has 4 nitrogen and oxygen atoms in total. The van der Waals surface area contributed by atoms with E-state index in [1.807, 2.05) is 0 Å². The maximum atomic E-state index is 9.90. The van der Waals surface area contributed by atoms with Gasteiger partial charge in [0.2, 0.25) is 0 Å². The zero-order chi connectivity index (χ0) is 5.98. The molecule has 1 heterocycles. The molecule has 0 aliphatic rings. The van der Waals surface area contributed by atoms with Gasteiger partial charge in [-0.3, -0.25) is 4.79 Å². The largest absolute Gasteiger partial charge is 0.296 e. The normalized spacial score (nSPS) is 9.12. The Labute approximate surface area is 50.2 Å². The van der Waals surface area contributed by atoms with Crippen LogP contribution < -0.4 is 0 Å². The summed E-state index contributed by atoms with van der Waals surface area (Å²) >= 11 is 5.25. The van der Waals surface area contributed by atoms with Crippen molar-refractivity contribution in [3.8, 4) is 0 Å². The predicted molar refractivity (Wildman–Crippen MR) is 26.7 cm³/mol. The van der Waals surface area contributed by atoms with Crippen LogP contribution in [0.15, 0.2) is 6.20 Å². The van der Waals surface area contributed by atoms with Crippen LogP contribution in [-0.2, 0) is 0 Å². The molecule has 1 aromatic rings. The monoisotopic (exact) mass is 131 g/mol. The lowest BCUT2D eigenvalue weighted by Gasteiger charge is -1.79. The molecule has 0 fully saturated rings. The summed E-state index contributed by atoms with van der Waals surface area (Å²) in [6.07, 6.45) is 1.85. The molecule has 0 spiro atoms. The Hall–Kier alpha value is -0.900. The van der Waals surface area contributed by atoms with Gasteiger partial charge in [-0.15, -0.1) is 9.30 Å². The van der Waals surface area contributed by atoms with E-state index in [9.17, 15) is 4.79 Å². The Bertz CT molecular complexity index is 196. The Morgan fingerprint density at radius 2 is 2.62 bits per heavy atom. The van der Waals surface area contributed by atoms with Crippen LogP contribution in [0.5, 0.6) is 0 Å². The quantitative estimate of drug-likeness (QED) is 0.508. The Morgan fingerprint density at radius 1 is 1.88 bits per heavy atom. The molecule has 0 aliphatic heterocycles. The molecule has 0 atom stereocenters. The fourth-order valence-corrected chi connectivity index (χ4v) is 0.426. The summed E-state index contributed by atoms with van der Waals surface area (Å²) in [5, 5.41) is 6.63. The Kier molecular flexibility index (Phi) is 1.26. The molecule has 0 saturated heterocycles. The molecule has 42 valence electrons. The highest BCUT2D eigenvalue weighted by molar-refractivity contribution is 6.16. The third-order valence-electron chi connectivity index (χ3n) is 0.654. The molecule has 0 unspecified atom stereocenters. The van der Waals surface area contributed by atoms with E-state index in [0.29, 0.717) is 6.29 Å². The van der Waals surface area contributed by atoms with E-state index in [4.69, 9.17) is 11.8 Å². The van der Waals surface area contributed by atoms with Gasteiger partial charge >= 0.3 is 0 Å². The minimum Gasteiger partial charge on any atom is -0.296 e. The first-order valence-corrected chi connectivity index (χ1v) is 2.20. The van der Waals surface area contributed by atoms with Crippen molar-refractivity contribution in [1.29, 1.82) is 0 Å². The highest BCUT2D eigenvalue weighted by Crippen LogP contribution is 1.90. The maximum absolute atomic E-state index is 9.90. The summed E-state index contributed by atoms with van der Waals surface area (Å²) in [4.78, 5) is 9.90. The molecule has 5 heteroatoms. The van der Waals surface area contributed by atoms with Gasteiger partial charge in [-0.05, 0) is 0 Å². The van der Waals surface area contributed by atoms with Crippen molar-refractivity contribution in [2.24, 2.45) is 0 Å². The second-order valence-corrected chi connectivity index (χ2v) is 1.46. The first kappa shape index (κ1) is 5.24. The number of carbonyl (C=O) groups is 1. The fraction of sp³-hybridized carbons (Fsp3) is 0. The molecule has 0 saturated carbocycles. The van der Waals surface area contributed by atoms with Crippen molar-refractivity contribution < 1.29 is 4.79 Å². The molecule has 1 rings (SSSR count). The van der Waals surface area contributed by atoms with Crippen LogP contribution >= 0.6 is 11.8 Å². The summed E-state index contributed by atoms with van der Waals surface area (Å²) in [5.41, 5.74) is 0.256. The number of hydrogen-bond donors (Lipinski definition) is 0. The molecule has 0 N–H and O–H groups in total. The van der Waals surface area contributed by atoms with E-state index in [-0.39, 0.29) is 5.69 Å². The molecule has 0 radical (unpaired) electrons. The van der Waals surface area contributed by atoms with Crippen LogP contribution in [0.4, 0.5) is 0 Å². The van der Waals surface area contributed by atoms with Gasteiger partial charge in [0.15, 0.2) is 6.29 Å². The van der Waals surface area contributed by atoms with Crippen LogP contribution in [0, 0.1) is 0 Å². The Balaban J connectivity index is 3.09. The van der Waals surface area contributed by atoms with Crippen molar-refractivity contribution in [3.63, 3.8) is 0 Å². The second-order valence-electron chi connectivity index (χ2n) is 1.14. The maximum Gasteiger partial charge on any atom is 0.171 e. The van der Waals surface area contributed by atoms with Crippen molar-refractivity contribution in [3.05, 3.63) is 11.9 Å². The van der Waals surface area contributed by atoms with E-state index in [0.717, 1.165) is 4.20 Å². The van der Waals surface area contributed by atoms with Crippen LogP contribution in [0.2, 0.25) is 0 Å². The highest BCUT2D eigenvalue weighted by Gasteiger charge is 1.95. The molecule has 0 amide bonds. The van der Waals surface area contributed by atoms with E-state index in [1.165, 1.54) is 6.20 Å². The van der Waals surface area contributed by atoms with Gasteiger partial charge in [0.05, 0.1) is 6.20 Å².